The molecule has 0 aromatic carbocycles. The van der Waals surface area contributed by atoms with Crippen molar-refractivity contribution in [3.63, 3.8) is 0 Å². The number of hydrogen-bond donors (Lipinski definition) is 1. The summed E-state index contributed by atoms with van der Waals surface area (Å²) < 4.78 is 29.9. The summed E-state index contributed by atoms with van der Waals surface area (Å²) in [5, 5.41) is 0. The minimum absolute atomic E-state index is 0.112. The molecule has 2 bridgehead atoms. The first-order valence-corrected chi connectivity index (χ1v) is 9.49. The molecule has 3 rings (SSSR count). The van der Waals surface area contributed by atoms with Gasteiger partial charge in [-0.05, 0) is 48.9 Å². The molecule has 3 aliphatic rings. The molecule has 116 valence electrons. The van der Waals surface area contributed by atoms with E-state index < -0.39 is 10.2 Å². The topological polar surface area (TPSA) is 49.4 Å². The molecular formula is C15H28N2O2S. The van der Waals surface area contributed by atoms with E-state index in [1.165, 1.54) is 6.42 Å². The van der Waals surface area contributed by atoms with E-state index >= 15 is 0 Å². The maximum Gasteiger partial charge on any atom is 0.279 e. The van der Waals surface area contributed by atoms with Crippen molar-refractivity contribution in [1.82, 2.24) is 9.03 Å². The van der Waals surface area contributed by atoms with Gasteiger partial charge in [0, 0.05) is 19.1 Å². The van der Waals surface area contributed by atoms with Crippen molar-refractivity contribution >= 4 is 10.2 Å². The van der Waals surface area contributed by atoms with Crippen molar-refractivity contribution < 1.29 is 8.42 Å². The Kier molecular flexibility index (Phi) is 3.46. The van der Waals surface area contributed by atoms with E-state index in [4.69, 9.17) is 0 Å². The van der Waals surface area contributed by atoms with Gasteiger partial charge in [-0.3, -0.25) is 0 Å². The molecule has 0 aromatic rings. The second-order valence-electron chi connectivity index (χ2n) is 7.75. The van der Waals surface area contributed by atoms with Crippen LogP contribution in [0, 0.1) is 16.7 Å². The van der Waals surface area contributed by atoms with E-state index in [9.17, 15) is 8.42 Å². The summed E-state index contributed by atoms with van der Waals surface area (Å²) >= 11 is 0. The van der Waals surface area contributed by atoms with Crippen molar-refractivity contribution in [2.45, 2.75) is 65.3 Å². The molecule has 3 fully saturated rings. The van der Waals surface area contributed by atoms with Gasteiger partial charge in [-0.1, -0.05) is 27.2 Å². The summed E-state index contributed by atoms with van der Waals surface area (Å²) in [4.78, 5) is 0. The van der Waals surface area contributed by atoms with Gasteiger partial charge in [-0.2, -0.15) is 17.4 Å². The van der Waals surface area contributed by atoms with Crippen LogP contribution in [0.4, 0.5) is 0 Å². The van der Waals surface area contributed by atoms with Crippen LogP contribution in [-0.4, -0.2) is 31.9 Å². The van der Waals surface area contributed by atoms with E-state index in [1.54, 1.807) is 4.31 Å². The highest BCUT2D eigenvalue weighted by molar-refractivity contribution is 7.87. The van der Waals surface area contributed by atoms with Crippen molar-refractivity contribution in [3.05, 3.63) is 0 Å². The molecule has 1 N–H and O–H groups in total. The lowest BCUT2D eigenvalue weighted by atomic mass is 9.69. The summed E-state index contributed by atoms with van der Waals surface area (Å²) in [6, 6.07) is 0.114. The van der Waals surface area contributed by atoms with E-state index in [-0.39, 0.29) is 16.9 Å². The zero-order valence-corrected chi connectivity index (χ0v) is 13.8. The van der Waals surface area contributed by atoms with Crippen LogP contribution < -0.4 is 4.72 Å². The summed E-state index contributed by atoms with van der Waals surface area (Å²) in [6.07, 6.45) is 6.57. The van der Waals surface area contributed by atoms with Crippen LogP contribution in [0.2, 0.25) is 0 Å². The van der Waals surface area contributed by atoms with Crippen LogP contribution in [0.1, 0.15) is 59.3 Å². The van der Waals surface area contributed by atoms with Crippen LogP contribution >= 0.6 is 0 Å². The van der Waals surface area contributed by atoms with Crippen LogP contribution in [-0.2, 0) is 10.2 Å². The molecular weight excluding hydrogens is 272 g/mol. The van der Waals surface area contributed by atoms with Crippen molar-refractivity contribution in [2.75, 3.05) is 13.1 Å². The molecule has 5 heteroatoms. The normalized spacial score (nSPS) is 41.1. The molecule has 2 aliphatic carbocycles. The largest absolute Gasteiger partial charge is 0.279 e. The Morgan fingerprint density at radius 2 is 1.75 bits per heavy atom. The first kappa shape index (κ1) is 14.8. The fourth-order valence-electron chi connectivity index (χ4n) is 4.74. The second kappa shape index (κ2) is 4.68. The van der Waals surface area contributed by atoms with E-state index in [2.05, 4.69) is 25.5 Å². The molecule has 20 heavy (non-hydrogen) atoms. The SMILES string of the molecule is CC1(C)C2CCC1(C)C(NS(=O)(=O)N1CCCCC1)C2. The quantitative estimate of drug-likeness (QED) is 0.870. The van der Waals surface area contributed by atoms with E-state index in [0.717, 1.165) is 32.1 Å². The lowest BCUT2D eigenvalue weighted by molar-refractivity contribution is 0.129. The molecule has 0 radical (unpaired) electrons. The molecule has 2 saturated carbocycles. The third-order valence-electron chi connectivity index (χ3n) is 6.74. The third kappa shape index (κ3) is 2.04. The number of nitrogens with zero attached hydrogens (tertiary/aromatic N) is 1. The fourth-order valence-corrected chi connectivity index (χ4v) is 6.35. The second-order valence-corrected chi connectivity index (χ2v) is 9.45. The highest BCUT2D eigenvalue weighted by Crippen LogP contribution is 2.65. The number of fused-ring (bicyclic) bond motifs is 2. The highest BCUT2D eigenvalue weighted by atomic mass is 32.2. The number of piperidine rings is 1. The van der Waals surface area contributed by atoms with Crippen LogP contribution in [0.15, 0.2) is 0 Å². The van der Waals surface area contributed by atoms with E-state index in [1.807, 2.05) is 0 Å². The fraction of sp³-hybridized carbons (Fsp3) is 1.00. The van der Waals surface area contributed by atoms with Crippen LogP contribution in [0.25, 0.3) is 0 Å². The molecule has 3 atom stereocenters. The van der Waals surface area contributed by atoms with Gasteiger partial charge in [0.25, 0.3) is 10.2 Å². The molecule has 0 spiro atoms. The average molecular weight is 300 g/mol. The Bertz CT molecular complexity index is 482. The predicted molar refractivity (Wildman–Crippen MR) is 80.5 cm³/mol. The van der Waals surface area contributed by atoms with Gasteiger partial charge in [0.15, 0.2) is 0 Å². The van der Waals surface area contributed by atoms with Gasteiger partial charge < -0.3 is 0 Å². The third-order valence-corrected chi connectivity index (χ3v) is 8.37. The zero-order chi connectivity index (χ0) is 14.6. The van der Waals surface area contributed by atoms with Gasteiger partial charge in [-0.15, -0.1) is 0 Å². The van der Waals surface area contributed by atoms with Crippen molar-refractivity contribution in [1.29, 1.82) is 0 Å². The standard InChI is InChI=1S/C15H28N2O2S/c1-14(2)12-7-8-15(14,3)13(11-12)16-20(18,19)17-9-5-4-6-10-17/h12-13,16H,4-11H2,1-3H3. The Morgan fingerprint density at radius 3 is 2.25 bits per heavy atom. The lowest BCUT2D eigenvalue weighted by Gasteiger charge is -2.40. The van der Waals surface area contributed by atoms with Crippen LogP contribution in [0.5, 0.6) is 0 Å². The molecule has 0 aromatic heterocycles. The Morgan fingerprint density at radius 1 is 1.10 bits per heavy atom. The Labute approximate surface area is 123 Å². The predicted octanol–water partition coefficient (Wildman–Crippen LogP) is 2.52. The zero-order valence-electron chi connectivity index (χ0n) is 13.0. The lowest BCUT2D eigenvalue weighted by Crippen LogP contribution is -2.52. The van der Waals surface area contributed by atoms with Gasteiger partial charge >= 0.3 is 0 Å². The molecule has 4 nitrogen and oxygen atoms in total. The maximum atomic E-state index is 12.6. The Hall–Kier alpha value is -0.130. The van der Waals surface area contributed by atoms with Gasteiger partial charge in [0.05, 0.1) is 0 Å². The molecule has 1 heterocycles. The Balaban J connectivity index is 1.76. The minimum Gasteiger partial charge on any atom is -0.198 e. The van der Waals surface area contributed by atoms with Crippen molar-refractivity contribution in [3.8, 4) is 0 Å². The minimum atomic E-state index is -3.29. The van der Waals surface area contributed by atoms with Gasteiger partial charge in [0.1, 0.15) is 0 Å². The summed E-state index contributed by atoms with van der Waals surface area (Å²) in [7, 11) is -3.29. The summed E-state index contributed by atoms with van der Waals surface area (Å²) in [5.74, 6) is 0.668. The molecule has 1 saturated heterocycles. The average Bonchev–Trinajstić information content (AvgIpc) is 2.72. The summed E-state index contributed by atoms with van der Waals surface area (Å²) in [6.45, 7) is 8.29. The smallest absolute Gasteiger partial charge is 0.198 e. The van der Waals surface area contributed by atoms with E-state index in [0.29, 0.717) is 19.0 Å². The number of nitrogens with one attached hydrogen (secondary N) is 1. The number of rotatable bonds is 3. The monoisotopic (exact) mass is 300 g/mol. The van der Waals surface area contributed by atoms with Crippen molar-refractivity contribution in [2.24, 2.45) is 16.7 Å². The molecule has 0 amide bonds. The molecule has 1 aliphatic heterocycles. The number of hydrogen-bond acceptors (Lipinski definition) is 2. The first-order valence-electron chi connectivity index (χ1n) is 8.05. The summed E-state index contributed by atoms with van der Waals surface area (Å²) in [5.41, 5.74) is 0.364. The van der Waals surface area contributed by atoms with Crippen LogP contribution in [0.3, 0.4) is 0 Å². The van der Waals surface area contributed by atoms with Gasteiger partial charge in [0.2, 0.25) is 0 Å². The first-order chi connectivity index (χ1) is 9.27. The molecule has 3 unspecified atom stereocenters. The van der Waals surface area contributed by atoms with Gasteiger partial charge in [-0.25, -0.2) is 0 Å². The highest BCUT2D eigenvalue weighted by Gasteiger charge is 2.62. The maximum absolute atomic E-state index is 12.6.